The zero-order chi connectivity index (χ0) is 10.9. The molecule has 3 aliphatic rings. The van der Waals surface area contributed by atoms with Crippen molar-refractivity contribution in [2.45, 2.75) is 30.5 Å². The maximum absolute atomic E-state index is 6.40. The number of pyridine rings is 1. The van der Waals surface area contributed by atoms with Gasteiger partial charge < -0.3 is 10.1 Å². The quantitative estimate of drug-likeness (QED) is 0.749. The van der Waals surface area contributed by atoms with Crippen molar-refractivity contribution < 1.29 is 4.74 Å². The first-order valence-electron chi connectivity index (χ1n) is 5.43. The lowest BCUT2D eigenvalue weighted by molar-refractivity contribution is 0.255. The molecule has 2 fully saturated rings. The minimum absolute atomic E-state index is 0.163. The molecule has 4 rings (SSSR count). The molecular weight excluding hydrogens is 291 g/mol. The third-order valence-electron chi connectivity index (χ3n) is 3.97. The fraction of sp³-hybridized carbons (Fsp3) is 0.545. The molecule has 1 N–H and O–H groups in total. The van der Waals surface area contributed by atoms with Gasteiger partial charge in [-0.05, 0) is 28.8 Å². The Kier molecular flexibility index (Phi) is 1.77. The number of anilines is 1. The zero-order valence-corrected chi connectivity index (χ0v) is 10.8. The van der Waals surface area contributed by atoms with Gasteiger partial charge in [0, 0.05) is 23.7 Å². The second kappa shape index (κ2) is 2.92. The summed E-state index contributed by atoms with van der Waals surface area (Å²) in [5.41, 5.74) is 1.36. The highest BCUT2D eigenvalue weighted by Gasteiger charge is 2.59. The maximum atomic E-state index is 6.40. The lowest BCUT2D eigenvalue weighted by atomic mass is 9.81. The molecule has 0 radical (unpaired) electrons. The van der Waals surface area contributed by atoms with Gasteiger partial charge in [-0.3, -0.25) is 0 Å². The van der Waals surface area contributed by atoms with Gasteiger partial charge in [-0.1, -0.05) is 11.6 Å². The third kappa shape index (κ3) is 1.10. The van der Waals surface area contributed by atoms with E-state index in [1.807, 2.05) is 0 Å². The summed E-state index contributed by atoms with van der Waals surface area (Å²) in [4.78, 5) is 4.40. The summed E-state index contributed by atoms with van der Waals surface area (Å²) in [6.07, 6.45) is 4.84. The molecule has 0 bridgehead atoms. The predicted octanol–water partition coefficient (Wildman–Crippen LogP) is 2.72. The monoisotopic (exact) mass is 300 g/mol. The van der Waals surface area contributed by atoms with Crippen LogP contribution in [0.25, 0.3) is 0 Å². The van der Waals surface area contributed by atoms with Crippen LogP contribution in [0.1, 0.15) is 18.4 Å². The van der Waals surface area contributed by atoms with Crippen molar-refractivity contribution in [3.63, 3.8) is 0 Å². The van der Waals surface area contributed by atoms with Crippen LogP contribution < -0.4 is 5.32 Å². The Morgan fingerprint density at radius 2 is 2.25 bits per heavy atom. The minimum atomic E-state index is 0.163. The van der Waals surface area contributed by atoms with Crippen LogP contribution in [-0.4, -0.2) is 23.7 Å². The van der Waals surface area contributed by atoms with E-state index >= 15 is 0 Å². The van der Waals surface area contributed by atoms with E-state index in [-0.39, 0.29) is 5.41 Å². The minimum Gasteiger partial charge on any atom is -0.370 e. The number of hydrogen-bond acceptors (Lipinski definition) is 3. The molecule has 5 heteroatoms. The number of fused-ring (bicyclic) bond motifs is 3. The molecule has 0 aromatic carbocycles. The van der Waals surface area contributed by atoms with Crippen LogP contribution >= 0.6 is 27.5 Å². The van der Waals surface area contributed by atoms with Crippen molar-refractivity contribution in [1.82, 2.24) is 4.98 Å². The molecule has 1 saturated carbocycles. The van der Waals surface area contributed by atoms with E-state index in [1.165, 1.54) is 5.56 Å². The zero-order valence-electron chi connectivity index (χ0n) is 8.46. The third-order valence-corrected chi connectivity index (χ3v) is 5.19. The first-order valence-corrected chi connectivity index (χ1v) is 6.60. The van der Waals surface area contributed by atoms with Gasteiger partial charge in [-0.15, -0.1) is 0 Å². The smallest absolute Gasteiger partial charge is 0.131 e. The number of aromatic nitrogens is 1. The Balaban J connectivity index is 1.89. The second-order valence-corrected chi connectivity index (χ2v) is 6.13. The first kappa shape index (κ1) is 9.68. The number of epoxide rings is 1. The molecule has 1 saturated heterocycles. The number of ether oxygens (including phenoxy) is 1. The average molecular weight is 302 g/mol. The van der Waals surface area contributed by atoms with Crippen molar-refractivity contribution >= 4 is 33.3 Å². The molecule has 3 heterocycles. The molecule has 2 unspecified atom stereocenters. The summed E-state index contributed by atoms with van der Waals surface area (Å²) in [6.45, 7) is 0.946. The maximum Gasteiger partial charge on any atom is 0.131 e. The van der Waals surface area contributed by atoms with Gasteiger partial charge in [0.15, 0.2) is 0 Å². The summed E-state index contributed by atoms with van der Waals surface area (Å²) >= 11 is 9.86. The van der Waals surface area contributed by atoms with Crippen molar-refractivity contribution in [2.75, 3.05) is 11.9 Å². The summed E-state index contributed by atoms with van der Waals surface area (Å²) in [6, 6.07) is 0. The van der Waals surface area contributed by atoms with E-state index in [4.69, 9.17) is 16.3 Å². The van der Waals surface area contributed by atoms with Crippen LogP contribution in [0.3, 0.4) is 0 Å². The Bertz CT molecular complexity index is 483. The van der Waals surface area contributed by atoms with Crippen LogP contribution in [0.4, 0.5) is 5.82 Å². The molecule has 0 amide bonds. The molecule has 2 aliphatic heterocycles. The van der Waals surface area contributed by atoms with Crippen molar-refractivity contribution in [3.05, 3.63) is 21.3 Å². The standard InChI is InChI=1S/C11H10BrClN2O/c12-5-3-14-10-8(9(5)13)11(4-15-10)1-6-7(2-11)16-6/h3,6-7H,1-2,4H2,(H,14,15). The largest absolute Gasteiger partial charge is 0.370 e. The number of nitrogens with zero attached hydrogens (tertiary/aromatic N) is 1. The van der Waals surface area contributed by atoms with Crippen LogP contribution in [-0.2, 0) is 10.2 Å². The van der Waals surface area contributed by atoms with Crippen LogP contribution in [0, 0.1) is 0 Å². The van der Waals surface area contributed by atoms with E-state index in [1.54, 1.807) is 6.20 Å². The first-order chi connectivity index (χ1) is 7.70. The van der Waals surface area contributed by atoms with Gasteiger partial charge in [0.05, 0.1) is 21.7 Å². The summed E-state index contributed by atoms with van der Waals surface area (Å²) in [5, 5.41) is 4.19. The van der Waals surface area contributed by atoms with Gasteiger partial charge in [-0.25, -0.2) is 4.98 Å². The Hall–Kier alpha value is -0.320. The molecule has 84 valence electrons. The molecule has 3 nitrogen and oxygen atoms in total. The van der Waals surface area contributed by atoms with Gasteiger partial charge >= 0.3 is 0 Å². The Morgan fingerprint density at radius 3 is 3.00 bits per heavy atom. The lowest BCUT2D eigenvalue weighted by Crippen LogP contribution is -2.27. The highest BCUT2D eigenvalue weighted by Crippen LogP contribution is 2.57. The average Bonchev–Trinajstić information content (AvgIpc) is 2.73. The summed E-state index contributed by atoms with van der Waals surface area (Å²) < 4.78 is 6.41. The number of halogens is 2. The number of nitrogens with one attached hydrogen (secondary N) is 1. The van der Waals surface area contributed by atoms with E-state index < -0.39 is 0 Å². The second-order valence-electron chi connectivity index (χ2n) is 4.90. The lowest BCUT2D eigenvalue weighted by Gasteiger charge is -2.25. The summed E-state index contributed by atoms with van der Waals surface area (Å²) in [5.74, 6) is 0.953. The van der Waals surface area contributed by atoms with E-state index in [0.29, 0.717) is 12.2 Å². The van der Waals surface area contributed by atoms with Crippen LogP contribution in [0.15, 0.2) is 10.7 Å². The molecule has 1 aromatic heterocycles. The van der Waals surface area contributed by atoms with Gasteiger partial charge in [-0.2, -0.15) is 0 Å². The predicted molar refractivity (Wildman–Crippen MR) is 65.0 cm³/mol. The molecule has 16 heavy (non-hydrogen) atoms. The van der Waals surface area contributed by atoms with Crippen LogP contribution in [0.5, 0.6) is 0 Å². The molecule has 1 aliphatic carbocycles. The SMILES string of the molecule is Clc1c(Br)cnc2c1C1(CN2)CC2OC2C1. The molecule has 2 atom stereocenters. The van der Waals surface area contributed by atoms with Crippen molar-refractivity contribution in [1.29, 1.82) is 0 Å². The molecular formula is C11H10BrClN2O. The topological polar surface area (TPSA) is 37.5 Å². The van der Waals surface area contributed by atoms with Gasteiger partial charge in [0.2, 0.25) is 0 Å². The highest BCUT2D eigenvalue weighted by molar-refractivity contribution is 9.10. The molecule has 1 spiro atoms. The Labute approximate surface area is 107 Å². The summed E-state index contributed by atoms with van der Waals surface area (Å²) in [7, 11) is 0. The van der Waals surface area contributed by atoms with Crippen LogP contribution in [0.2, 0.25) is 5.02 Å². The fourth-order valence-electron chi connectivity index (χ4n) is 3.17. The van der Waals surface area contributed by atoms with E-state index in [9.17, 15) is 0 Å². The normalized spacial score (nSPS) is 38.4. The van der Waals surface area contributed by atoms with Crippen molar-refractivity contribution in [2.24, 2.45) is 0 Å². The number of hydrogen-bond donors (Lipinski definition) is 1. The highest BCUT2D eigenvalue weighted by atomic mass is 79.9. The van der Waals surface area contributed by atoms with Gasteiger partial charge in [0.25, 0.3) is 0 Å². The fourth-order valence-corrected chi connectivity index (χ4v) is 3.80. The Morgan fingerprint density at radius 1 is 1.50 bits per heavy atom. The van der Waals surface area contributed by atoms with Crippen molar-refractivity contribution in [3.8, 4) is 0 Å². The molecule has 1 aromatic rings. The van der Waals surface area contributed by atoms with E-state index in [2.05, 4.69) is 26.2 Å². The number of rotatable bonds is 0. The van der Waals surface area contributed by atoms with E-state index in [0.717, 1.165) is 34.7 Å². The van der Waals surface area contributed by atoms with Gasteiger partial charge in [0.1, 0.15) is 5.82 Å².